The van der Waals surface area contributed by atoms with Crippen LogP contribution in [-0.4, -0.2) is 40.7 Å². The smallest absolute Gasteiger partial charge is 0.259 e. The molecule has 1 aliphatic heterocycles. The number of sulfonamides is 1. The Morgan fingerprint density at radius 1 is 1.46 bits per heavy atom. The van der Waals surface area contributed by atoms with Crippen LogP contribution in [0, 0.1) is 12.8 Å². The molecule has 1 aliphatic rings. The van der Waals surface area contributed by atoms with Crippen molar-refractivity contribution in [2.24, 2.45) is 13.0 Å². The summed E-state index contributed by atoms with van der Waals surface area (Å²) in [6, 6.07) is 0. The van der Waals surface area contributed by atoms with E-state index in [2.05, 4.69) is 14.7 Å². The Kier molecular flexibility index (Phi) is 4.75. The summed E-state index contributed by atoms with van der Waals surface area (Å²) in [6.45, 7) is 5.34. The third-order valence-electron chi connectivity index (χ3n) is 4.43. The SMILES string of the molecule is CCn1cc(S(=O)(=O)NC[C@@H]2CCO[C@H]2c2nccn2C)nc1C. The largest absolute Gasteiger partial charge is 0.370 e. The summed E-state index contributed by atoms with van der Waals surface area (Å²) in [6.07, 6.45) is 5.75. The quantitative estimate of drug-likeness (QED) is 0.837. The molecule has 0 aromatic carbocycles. The maximum atomic E-state index is 12.5. The molecule has 0 unspecified atom stereocenters. The number of rotatable bonds is 6. The summed E-state index contributed by atoms with van der Waals surface area (Å²) in [7, 11) is -1.72. The van der Waals surface area contributed by atoms with Crippen molar-refractivity contribution >= 4 is 10.0 Å². The molecule has 24 heavy (non-hydrogen) atoms. The highest BCUT2D eigenvalue weighted by molar-refractivity contribution is 7.89. The van der Waals surface area contributed by atoms with Gasteiger partial charge in [0.15, 0.2) is 5.03 Å². The van der Waals surface area contributed by atoms with Crippen LogP contribution in [0.4, 0.5) is 0 Å². The first kappa shape index (κ1) is 17.1. The van der Waals surface area contributed by atoms with Gasteiger partial charge in [-0.25, -0.2) is 23.1 Å². The van der Waals surface area contributed by atoms with E-state index in [4.69, 9.17) is 4.74 Å². The van der Waals surface area contributed by atoms with Crippen LogP contribution in [0.15, 0.2) is 23.6 Å². The Bertz CT molecular complexity index is 811. The average molecular weight is 353 g/mol. The van der Waals surface area contributed by atoms with Crippen molar-refractivity contribution in [3.05, 3.63) is 30.2 Å². The molecule has 2 aromatic rings. The molecule has 1 N–H and O–H groups in total. The van der Waals surface area contributed by atoms with Crippen molar-refractivity contribution in [1.29, 1.82) is 0 Å². The zero-order valence-corrected chi connectivity index (χ0v) is 15.0. The maximum absolute atomic E-state index is 12.5. The van der Waals surface area contributed by atoms with E-state index in [-0.39, 0.29) is 17.0 Å². The van der Waals surface area contributed by atoms with Crippen molar-refractivity contribution in [2.45, 2.75) is 37.9 Å². The van der Waals surface area contributed by atoms with E-state index < -0.39 is 10.0 Å². The van der Waals surface area contributed by atoms with Gasteiger partial charge in [-0.15, -0.1) is 0 Å². The van der Waals surface area contributed by atoms with Crippen molar-refractivity contribution in [1.82, 2.24) is 23.8 Å². The fraction of sp³-hybridized carbons (Fsp3) is 0.600. The number of nitrogens with zero attached hydrogens (tertiary/aromatic N) is 4. The lowest BCUT2D eigenvalue weighted by molar-refractivity contribution is 0.0823. The normalized spacial score (nSPS) is 21.5. The van der Waals surface area contributed by atoms with E-state index in [1.807, 2.05) is 29.3 Å². The zero-order chi connectivity index (χ0) is 17.3. The van der Waals surface area contributed by atoms with Gasteiger partial charge in [0.05, 0.1) is 0 Å². The molecule has 2 aromatic heterocycles. The third-order valence-corrected chi connectivity index (χ3v) is 5.73. The molecule has 0 aliphatic carbocycles. The molecule has 1 saturated heterocycles. The summed E-state index contributed by atoms with van der Waals surface area (Å²) < 4.78 is 37.1. The van der Waals surface area contributed by atoms with E-state index in [0.717, 1.165) is 12.2 Å². The number of aryl methyl sites for hydroxylation is 3. The summed E-state index contributed by atoms with van der Waals surface area (Å²) in [4.78, 5) is 8.47. The Morgan fingerprint density at radius 2 is 2.25 bits per heavy atom. The summed E-state index contributed by atoms with van der Waals surface area (Å²) in [5, 5.41) is 0.0642. The van der Waals surface area contributed by atoms with Gasteiger partial charge in [-0.1, -0.05) is 0 Å². The van der Waals surface area contributed by atoms with Gasteiger partial charge in [0.2, 0.25) is 0 Å². The Labute approximate surface area is 141 Å². The number of hydrogen-bond acceptors (Lipinski definition) is 5. The lowest BCUT2D eigenvalue weighted by Gasteiger charge is -2.18. The van der Waals surface area contributed by atoms with Crippen LogP contribution in [0.1, 0.15) is 31.1 Å². The van der Waals surface area contributed by atoms with E-state index in [9.17, 15) is 8.42 Å². The molecule has 0 amide bonds. The minimum atomic E-state index is -3.63. The lowest BCUT2D eigenvalue weighted by Crippen LogP contribution is -2.31. The van der Waals surface area contributed by atoms with Crippen LogP contribution in [0.3, 0.4) is 0 Å². The Hall–Kier alpha value is -1.71. The fourth-order valence-corrected chi connectivity index (χ4v) is 4.10. The predicted molar refractivity (Wildman–Crippen MR) is 87.8 cm³/mol. The molecule has 2 atom stereocenters. The zero-order valence-electron chi connectivity index (χ0n) is 14.1. The fourth-order valence-electron chi connectivity index (χ4n) is 3.00. The third kappa shape index (κ3) is 3.24. The molecule has 3 rings (SSSR count). The van der Waals surface area contributed by atoms with Gasteiger partial charge in [0, 0.05) is 51.3 Å². The maximum Gasteiger partial charge on any atom is 0.259 e. The first-order valence-electron chi connectivity index (χ1n) is 8.04. The molecule has 9 heteroatoms. The van der Waals surface area contributed by atoms with Crippen LogP contribution in [0.25, 0.3) is 0 Å². The van der Waals surface area contributed by atoms with Crippen LogP contribution in [0.2, 0.25) is 0 Å². The minimum absolute atomic E-state index is 0.0511. The standard InChI is InChI=1S/C15H23N5O3S/c1-4-20-10-13(18-11(20)2)24(21,22)17-9-12-5-8-23-14(12)15-16-6-7-19(15)3/h6-7,10,12,14,17H,4-5,8-9H2,1-3H3/t12-,14+/m0/s1. The van der Waals surface area contributed by atoms with E-state index >= 15 is 0 Å². The van der Waals surface area contributed by atoms with Crippen LogP contribution in [0.5, 0.6) is 0 Å². The van der Waals surface area contributed by atoms with E-state index in [1.54, 1.807) is 19.3 Å². The number of ether oxygens (including phenoxy) is 1. The molecular formula is C15H23N5O3S. The van der Waals surface area contributed by atoms with Gasteiger partial charge >= 0.3 is 0 Å². The highest BCUT2D eigenvalue weighted by atomic mass is 32.2. The molecular weight excluding hydrogens is 330 g/mol. The van der Waals surface area contributed by atoms with Crippen molar-refractivity contribution in [3.8, 4) is 0 Å². The molecule has 0 radical (unpaired) electrons. The molecule has 8 nitrogen and oxygen atoms in total. The molecule has 132 valence electrons. The second kappa shape index (κ2) is 6.66. The topological polar surface area (TPSA) is 91.0 Å². The number of aromatic nitrogens is 4. The molecule has 0 spiro atoms. The van der Waals surface area contributed by atoms with Gasteiger partial charge in [-0.2, -0.15) is 0 Å². The van der Waals surface area contributed by atoms with Gasteiger partial charge in [-0.05, 0) is 20.3 Å². The summed E-state index contributed by atoms with van der Waals surface area (Å²) >= 11 is 0. The number of hydrogen-bond donors (Lipinski definition) is 1. The summed E-state index contributed by atoms with van der Waals surface area (Å²) in [5.41, 5.74) is 0. The minimum Gasteiger partial charge on any atom is -0.370 e. The number of nitrogens with one attached hydrogen (secondary N) is 1. The van der Waals surface area contributed by atoms with Gasteiger partial charge < -0.3 is 13.9 Å². The highest BCUT2D eigenvalue weighted by Crippen LogP contribution is 2.33. The van der Waals surface area contributed by atoms with Crippen LogP contribution < -0.4 is 4.72 Å². The predicted octanol–water partition coefficient (Wildman–Crippen LogP) is 1.00. The molecule has 0 saturated carbocycles. The second-order valence-corrected chi connectivity index (χ2v) is 7.71. The molecule has 3 heterocycles. The van der Waals surface area contributed by atoms with Gasteiger partial charge in [0.25, 0.3) is 10.0 Å². The van der Waals surface area contributed by atoms with Crippen LogP contribution >= 0.6 is 0 Å². The highest BCUT2D eigenvalue weighted by Gasteiger charge is 2.33. The summed E-state index contributed by atoms with van der Waals surface area (Å²) in [5.74, 6) is 1.56. The van der Waals surface area contributed by atoms with E-state index in [0.29, 0.717) is 25.5 Å². The lowest BCUT2D eigenvalue weighted by atomic mass is 10.0. The molecule has 1 fully saturated rings. The average Bonchev–Trinajstić information content (AvgIpc) is 3.24. The monoisotopic (exact) mass is 353 g/mol. The second-order valence-electron chi connectivity index (χ2n) is 6.00. The Balaban J connectivity index is 1.71. The first-order valence-corrected chi connectivity index (χ1v) is 9.53. The van der Waals surface area contributed by atoms with Gasteiger partial charge in [0.1, 0.15) is 17.8 Å². The Morgan fingerprint density at radius 3 is 2.88 bits per heavy atom. The van der Waals surface area contributed by atoms with Crippen molar-refractivity contribution in [2.75, 3.05) is 13.2 Å². The van der Waals surface area contributed by atoms with E-state index in [1.165, 1.54) is 0 Å². The van der Waals surface area contributed by atoms with Gasteiger partial charge in [-0.3, -0.25) is 0 Å². The van der Waals surface area contributed by atoms with Crippen molar-refractivity contribution < 1.29 is 13.2 Å². The van der Waals surface area contributed by atoms with Crippen molar-refractivity contribution in [3.63, 3.8) is 0 Å². The first-order chi connectivity index (χ1) is 11.4. The van der Waals surface area contributed by atoms with Crippen LogP contribution in [-0.2, 0) is 28.4 Å². The number of imidazole rings is 2. The molecule has 0 bridgehead atoms.